The van der Waals surface area contributed by atoms with Gasteiger partial charge in [0.25, 0.3) is 0 Å². The number of nitrogens with zero attached hydrogens (tertiary/aromatic N) is 4. The molecule has 2 aromatic heterocycles. The molecule has 4 rings (SSSR count). The zero-order valence-electron chi connectivity index (χ0n) is 16.3. The minimum Gasteiger partial charge on any atom is -0.438 e. The van der Waals surface area contributed by atoms with Crippen LogP contribution in [0.2, 0.25) is 0 Å². The molecule has 1 N–H and O–H groups in total. The van der Waals surface area contributed by atoms with E-state index in [1.54, 1.807) is 22.9 Å². The highest BCUT2D eigenvalue weighted by Gasteiger charge is 2.25. The Morgan fingerprint density at radius 2 is 1.82 bits per heavy atom. The minimum absolute atomic E-state index is 0.0979. The van der Waals surface area contributed by atoms with Crippen LogP contribution in [-0.2, 0) is 4.79 Å². The summed E-state index contributed by atoms with van der Waals surface area (Å²) >= 11 is 0. The van der Waals surface area contributed by atoms with E-state index in [2.05, 4.69) is 20.6 Å². The fourth-order valence-corrected chi connectivity index (χ4v) is 3.07. The number of aromatic nitrogens is 4. The first-order valence-electron chi connectivity index (χ1n) is 9.47. The van der Waals surface area contributed by atoms with Gasteiger partial charge in [0, 0.05) is 23.4 Å². The number of nitrogens with one attached hydrogen (secondary N) is 1. The van der Waals surface area contributed by atoms with E-state index in [1.165, 1.54) is 0 Å². The highest BCUT2D eigenvalue weighted by atomic mass is 16.5. The van der Waals surface area contributed by atoms with E-state index in [4.69, 9.17) is 4.74 Å². The lowest BCUT2D eigenvalue weighted by molar-refractivity contribution is -0.122. The molecule has 1 fully saturated rings. The summed E-state index contributed by atoms with van der Waals surface area (Å²) in [5.74, 6) is 1.94. The van der Waals surface area contributed by atoms with Crippen molar-refractivity contribution >= 4 is 11.6 Å². The maximum Gasteiger partial charge on any atom is 0.238 e. The molecule has 0 saturated heterocycles. The summed E-state index contributed by atoms with van der Waals surface area (Å²) in [6.07, 6.45) is 3.11. The van der Waals surface area contributed by atoms with Gasteiger partial charge in [-0.2, -0.15) is 5.10 Å². The van der Waals surface area contributed by atoms with Gasteiger partial charge in [-0.05, 0) is 69.5 Å². The van der Waals surface area contributed by atoms with Crippen molar-refractivity contribution in [1.29, 1.82) is 0 Å². The number of carbonyl (C=O) groups is 1. The molecule has 0 bridgehead atoms. The molecule has 0 unspecified atom stereocenters. The average molecular weight is 377 g/mol. The van der Waals surface area contributed by atoms with E-state index in [-0.39, 0.29) is 11.8 Å². The van der Waals surface area contributed by atoms with Crippen LogP contribution in [-0.4, -0.2) is 25.9 Å². The zero-order chi connectivity index (χ0) is 19.7. The lowest BCUT2D eigenvalue weighted by atomic mass is 9.85. The van der Waals surface area contributed by atoms with Gasteiger partial charge in [0.05, 0.1) is 5.69 Å². The second kappa shape index (κ2) is 7.42. The normalized spacial score (nSPS) is 13.8. The molecule has 1 saturated carbocycles. The lowest BCUT2D eigenvalue weighted by Crippen LogP contribution is -2.27. The highest BCUT2D eigenvalue weighted by Crippen LogP contribution is 2.28. The van der Waals surface area contributed by atoms with E-state index >= 15 is 0 Å². The zero-order valence-corrected chi connectivity index (χ0v) is 16.3. The van der Waals surface area contributed by atoms with E-state index in [0.717, 1.165) is 41.9 Å². The first-order valence-corrected chi connectivity index (χ1v) is 9.47. The van der Waals surface area contributed by atoms with Crippen molar-refractivity contribution < 1.29 is 9.53 Å². The topological polar surface area (TPSA) is 81.9 Å². The molecule has 0 aliphatic heterocycles. The highest BCUT2D eigenvalue weighted by molar-refractivity contribution is 5.93. The van der Waals surface area contributed by atoms with E-state index in [0.29, 0.717) is 17.4 Å². The molecule has 2 heterocycles. The standard InChI is InChI=1S/C21H23N5O2/c1-13-14(2)25-26(15(13)3)19-11-12-20(24-23-19)28-18-9-7-17(8-10-18)22-21(27)16-5-4-6-16/h7-12,16H,4-6H2,1-3H3,(H,22,27). The van der Waals surface area contributed by atoms with E-state index in [9.17, 15) is 4.79 Å². The van der Waals surface area contributed by atoms with Crippen LogP contribution in [0.15, 0.2) is 36.4 Å². The van der Waals surface area contributed by atoms with Gasteiger partial charge in [0.1, 0.15) is 5.75 Å². The van der Waals surface area contributed by atoms with Crippen molar-refractivity contribution in [1.82, 2.24) is 20.0 Å². The van der Waals surface area contributed by atoms with Crippen LogP contribution in [0.4, 0.5) is 5.69 Å². The van der Waals surface area contributed by atoms with Crippen molar-refractivity contribution in [2.75, 3.05) is 5.32 Å². The predicted molar refractivity (Wildman–Crippen MR) is 106 cm³/mol. The van der Waals surface area contributed by atoms with E-state index < -0.39 is 0 Å². The van der Waals surface area contributed by atoms with Crippen molar-refractivity contribution in [2.24, 2.45) is 5.92 Å². The quantitative estimate of drug-likeness (QED) is 0.723. The number of rotatable bonds is 5. The molecular weight excluding hydrogens is 354 g/mol. The van der Waals surface area contributed by atoms with Gasteiger partial charge in [-0.25, -0.2) is 4.68 Å². The Morgan fingerprint density at radius 1 is 1.07 bits per heavy atom. The number of anilines is 1. The summed E-state index contributed by atoms with van der Waals surface area (Å²) in [7, 11) is 0. The number of ether oxygens (including phenoxy) is 1. The largest absolute Gasteiger partial charge is 0.438 e. The number of hydrogen-bond donors (Lipinski definition) is 1. The van der Waals surface area contributed by atoms with Gasteiger partial charge in [0.2, 0.25) is 11.8 Å². The first kappa shape index (κ1) is 18.2. The summed E-state index contributed by atoms with van der Waals surface area (Å²) in [4.78, 5) is 12.0. The maximum atomic E-state index is 12.0. The summed E-state index contributed by atoms with van der Waals surface area (Å²) in [5, 5.41) is 15.8. The molecule has 3 aromatic rings. The summed E-state index contributed by atoms with van der Waals surface area (Å²) < 4.78 is 7.53. The summed E-state index contributed by atoms with van der Waals surface area (Å²) in [5.41, 5.74) is 3.93. The fourth-order valence-electron chi connectivity index (χ4n) is 3.07. The molecule has 1 aliphatic carbocycles. The molecule has 0 atom stereocenters. The van der Waals surface area contributed by atoms with Crippen LogP contribution in [0.25, 0.3) is 5.82 Å². The molecule has 1 amide bonds. The Morgan fingerprint density at radius 3 is 2.36 bits per heavy atom. The molecule has 1 aromatic carbocycles. The second-order valence-electron chi connectivity index (χ2n) is 7.18. The number of aryl methyl sites for hydroxylation is 1. The lowest BCUT2D eigenvalue weighted by Gasteiger charge is -2.24. The van der Waals surface area contributed by atoms with E-state index in [1.807, 2.05) is 39.0 Å². The van der Waals surface area contributed by atoms with Crippen LogP contribution < -0.4 is 10.1 Å². The summed E-state index contributed by atoms with van der Waals surface area (Å²) in [6, 6.07) is 10.8. The smallest absolute Gasteiger partial charge is 0.238 e. The van der Waals surface area contributed by atoms with Crippen molar-refractivity contribution in [3.63, 3.8) is 0 Å². The molecule has 0 spiro atoms. The predicted octanol–water partition coefficient (Wildman–Crippen LogP) is 4.12. The van der Waals surface area contributed by atoms with Gasteiger partial charge in [-0.1, -0.05) is 6.42 Å². The van der Waals surface area contributed by atoms with Gasteiger partial charge in [-0.15, -0.1) is 10.2 Å². The first-order chi connectivity index (χ1) is 13.5. The third-order valence-electron chi connectivity index (χ3n) is 5.32. The molecule has 7 nitrogen and oxygen atoms in total. The third kappa shape index (κ3) is 3.60. The molecule has 144 valence electrons. The van der Waals surface area contributed by atoms with Crippen molar-refractivity contribution in [3.8, 4) is 17.4 Å². The van der Waals surface area contributed by atoms with Gasteiger partial charge in [0.15, 0.2) is 5.82 Å². The number of amides is 1. The Bertz CT molecular complexity index is 989. The number of benzene rings is 1. The molecule has 28 heavy (non-hydrogen) atoms. The monoisotopic (exact) mass is 377 g/mol. The Kier molecular flexibility index (Phi) is 4.81. The van der Waals surface area contributed by atoms with Crippen LogP contribution >= 0.6 is 0 Å². The Hall–Kier alpha value is -3.22. The molecule has 7 heteroatoms. The fraction of sp³-hybridized carbons (Fsp3) is 0.333. The molecule has 1 aliphatic rings. The summed E-state index contributed by atoms with van der Waals surface area (Å²) in [6.45, 7) is 6.02. The van der Waals surface area contributed by atoms with Gasteiger partial charge in [-0.3, -0.25) is 4.79 Å². The minimum atomic E-state index is 0.0979. The molecule has 0 radical (unpaired) electrons. The van der Waals surface area contributed by atoms with Gasteiger partial charge < -0.3 is 10.1 Å². The molecular formula is C21H23N5O2. The van der Waals surface area contributed by atoms with Crippen molar-refractivity contribution in [3.05, 3.63) is 53.3 Å². The maximum absolute atomic E-state index is 12.0. The van der Waals surface area contributed by atoms with Gasteiger partial charge >= 0.3 is 0 Å². The van der Waals surface area contributed by atoms with Crippen LogP contribution in [0.5, 0.6) is 11.6 Å². The number of carbonyl (C=O) groups excluding carboxylic acids is 1. The second-order valence-corrected chi connectivity index (χ2v) is 7.18. The van der Waals surface area contributed by atoms with Crippen molar-refractivity contribution in [2.45, 2.75) is 40.0 Å². The average Bonchev–Trinajstić information content (AvgIpc) is 2.90. The number of hydrogen-bond acceptors (Lipinski definition) is 5. The third-order valence-corrected chi connectivity index (χ3v) is 5.32. The Balaban J connectivity index is 1.41. The SMILES string of the molecule is Cc1nn(-c2ccc(Oc3ccc(NC(=O)C4CCC4)cc3)nn2)c(C)c1C. The van der Waals surface area contributed by atoms with Crippen LogP contribution in [0.3, 0.4) is 0 Å². The van der Waals surface area contributed by atoms with Crippen LogP contribution in [0.1, 0.15) is 36.2 Å². The Labute approximate surface area is 163 Å². The van der Waals surface area contributed by atoms with Crippen LogP contribution in [0, 0.1) is 26.7 Å².